The van der Waals surface area contributed by atoms with Crippen molar-refractivity contribution in [2.45, 2.75) is 0 Å². The van der Waals surface area contributed by atoms with Crippen molar-refractivity contribution in [2.24, 2.45) is 0 Å². The second-order valence-corrected chi connectivity index (χ2v) is 5.26. The standard InChI is InChI=1S/C17H13ClN2O3/c1-23-12-6-4-5-11(9-12)10-14-16(21)20(17(22)19-14)15-8-3-2-7-13(15)18/h2-10H,1H3,(H,19,22)/b14-10+. The number of carbonyl (C=O) groups is 2. The van der Waals surface area contributed by atoms with Gasteiger partial charge in [0.25, 0.3) is 5.91 Å². The van der Waals surface area contributed by atoms with Crippen LogP contribution in [0.5, 0.6) is 5.75 Å². The monoisotopic (exact) mass is 328 g/mol. The molecule has 1 heterocycles. The van der Waals surface area contributed by atoms with Gasteiger partial charge in [-0.15, -0.1) is 0 Å². The first-order valence-corrected chi connectivity index (χ1v) is 7.23. The highest BCUT2D eigenvalue weighted by atomic mass is 35.5. The molecule has 0 bridgehead atoms. The van der Waals surface area contributed by atoms with Gasteiger partial charge in [0.15, 0.2) is 0 Å². The number of nitrogens with one attached hydrogen (secondary N) is 1. The topological polar surface area (TPSA) is 58.6 Å². The lowest BCUT2D eigenvalue weighted by atomic mass is 10.2. The minimum absolute atomic E-state index is 0.183. The van der Waals surface area contributed by atoms with Crippen LogP contribution in [0.1, 0.15) is 5.56 Å². The summed E-state index contributed by atoms with van der Waals surface area (Å²) in [5, 5.41) is 2.90. The molecule has 0 radical (unpaired) electrons. The van der Waals surface area contributed by atoms with E-state index in [1.54, 1.807) is 55.7 Å². The number of methoxy groups -OCH3 is 1. The first-order valence-electron chi connectivity index (χ1n) is 6.86. The fourth-order valence-electron chi connectivity index (χ4n) is 2.28. The van der Waals surface area contributed by atoms with E-state index in [1.165, 1.54) is 0 Å². The number of urea groups is 1. The molecule has 5 nitrogen and oxygen atoms in total. The summed E-state index contributed by atoms with van der Waals surface area (Å²) in [6, 6.07) is 13.3. The Kier molecular flexibility index (Phi) is 4.04. The van der Waals surface area contributed by atoms with E-state index in [0.29, 0.717) is 16.5 Å². The number of hydrogen-bond donors (Lipinski definition) is 1. The Bertz CT molecular complexity index is 817. The molecule has 1 saturated heterocycles. The maximum atomic E-state index is 12.5. The first kappa shape index (κ1) is 15.1. The number of para-hydroxylation sites is 1. The number of hydrogen-bond acceptors (Lipinski definition) is 3. The Morgan fingerprint density at radius 3 is 2.65 bits per heavy atom. The van der Waals surface area contributed by atoms with Gasteiger partial charge in [0.1, 0.15) is 11.4 Å². The Labute approximate surface area is 138 Å². The molecule has 1 fully saturated rings. The maximum Gasteiger partial charge on any atom is 0.333 e. The fourth-order valence-corrected chi connectivity index (χ4v) is 2.51. The molecule has 0 unspecified atom stereocenters. The highest BCUT2D eigenvalue weighted by Gasteiger charge is 2.35. The van der Waals surface area contributed by atoms with Crippen LogP contribution < -0.4 is 15.0 Å². The second kappa shape index (κ2) is 6.14. The lowest BCUT2D eigenvalue weighted by molar-refractivity contribution is -0.113. The minimum Gasteiger partial charge on any atom is -0.497 e. The highest BCUT2D eigenvalue weighted by molar-refractivity contribution is 6.37. The molecule has 0 aliphatic carbocycles. The molecule has 2 aromatic carbocycles. The average molecular weight is 329 g/mol. The maximum absolute atomic E-state index is 12.5. The fraction of sp³-hybridized carbons (Fsp3) is 0.0588. The van der Waals surface area contributed by atoms with E-state index in [0.717, 1.165) is 10.5 Å². The molecule has 0 spiro atoms. The average Bonchev–Trinajstić information content (AvgIpc) is 2.82. The molecule has 2 aromatic rings. The van der Waals surface area contributed by atoms with Crippen LogP contribution in [0, 0.1) is 0 Å². The predicted molar refractivity (Wildman–Crippen MR) is 88.4 cm³/mol. The van der Waals surface area contributed by atoms with E-state index in [9.17, 15) is 9.59 Å². The van der Waals surface area contributed by atoms with Gasteiger partial charge in [-0.05, 0) is 35.9 Å². The Balaban J connectivity index is 1.95. The quantitative estimate of drug-likeness (QED) is 0.693. The molecule has 0 aromatic heterocycles. The zero-order chi connectivity index (χ0) is 16.4. The summed E-state index contributed by atoms with van der Waals surface area (Å²) in [6.45, 7) is 0. The molecule has 0 saturated carbocycles. The number of ether oxygens (including phenoxy) is 1. The van der Waals surface area contributed by atoms with Crippen molar-refractivity contribution in [2.75, 3.05) is 12.0 Å². The number of imide groups is 1. The molecule has 3 rings (SSSR count). The van der Waals surface area contributed by atoms with Gasteiger partial charge in [0.05, 0.1) is 17.8 Å². The summed E-state index contributed by atoms with van der Waals surface area (Å²) < 4.78 is 5.14. The molecular formula is C17H13ClN2O3. The third kappa shape index (κ3) is 2.91. The van der Waals surface area contributed by atoms with Gasteiger partial charge in [-0.1, -0.05) is 35.9 Å². The Morgan fingerprint density at radius 1 is 1.13 bits per heavy atom. The zero-order valence-corrected chi connectivity index (χ0v) is 13.0. The van der Waals surface area contributed by atoms with Gasteiger partial charge >= 0.3 is 6.03 Å². The van der Waals surface area contributed by atoms with Crippen LogP contribution in [0.2, 0.25) is 5.02 Å². The number of carbonyl (C=O) groups excluding carboxylic acids is 2. The molecule has 0 atom stereocenters. The molecule has 1 aliphatic rings. The number of amides is 3. The summed E-state index contributed by atoms with van der Waals surface area (Å²) in [5.41, 5.74) is 1.28. The van der Waals surface area contributed by atoms with E-state index in [1.807, 2.05) is 6.07 Å². The van der Waals surface area contributed by atoms with Crippen molar-refractivity contribution in [1.82, 2.24) is 5.32 Å². The molecule has 23 heavy (non-hydrogen) atoms. The van der Waals surface area contributed by atoms with Crippen LogP contribution in [0.25, 0.3) is 6.08 Å². The summed E-state index contributed by atoms with van der Waals surface area (Å²) in [5.74, 6) is 0.213. The number of halogens is 1. The molecule has 1 aliphatic heterocycles. The summed E-state index contributed by atoms with van der Waals surface area (Å²) in [4.78, 5) is 25.7. The van der Waals surface area contributed by atoms with Crippen molar-refractivity contribution in [3.63, 3.8) is 0 Å². The SMILES string of the molecule is COc1cccc(/C=C2/NC(=O)N(c3ccccc3Cl)C2=O)c1. The smallest absolute Gasteiger partial charge is 0.333 e. The van der Waals surface area contributed by atoms with E-state index >= 15 is 0 Å². The van der Waals surface area contributed by atoms with Gasteiger partial charge < -0.3 is 10.1 Å². The molecule has 6 heteroatoms. The third-order valence-electron chi connectivity index (χ3n) is 3.38. The Hall–Kier alpha value is -2.79. The molecule has 3 amide bonds. The highest BCUT2D eigenvalue weighted by Crippen LogP contribution is 2.29. The largest absolute Gasteiger partial charge is 0.497 e. The van der Waals surface area contributed by atoms with Crippen molar-refractivity contribution >= 4 is 35.3 Å². The first-order chi connectivity index (χ1) is 11.1. The van der Waals surface area contributed by atoms with Crippen molar-refractivity contribution in [3.8, 4) is 5.75 Å². The molecule has 116 valence electrons. The summed E-state index contributed by atoms with van der Waals surface area (Å²) in [7, 11) is 1.56. The number of nitrogens with zero attached hydrogens (tertiary/aromatic N) is 1. The van der Waals surface area contributed by atoms with Crippen LogP contribution in [0.15, 0.2) is 54.2 Å². The number of benzene rings is 2. The van der Waals surface area contributed by atoms with Gasteiger partial charge in [-0.2, -0.15) is 0 Å². The van der Waals surface area contributed by atoms with Crippen LogP contribution in [-0.2, 0) is 4.79 Å². The van der Waals surface area contributed by atoms with Crippen LogP contribution in [-0.4, -0.2) is 19.0 Å². The van der Waals surface area contributed by atoms with Crippen molar-refractivity contribution in [1.29, 1.82) is 0 Å². The predicted octanol–water partition coefficient (Wildman–Crippen LogP) is 3.45. The molecular weight excluding hydrogens is 316 g/mol. The van der Waals surface area contributed by atoms with Gasteiger partial charge in [-0.25, -0.2) is 9.69 Å². The summed E-state index contributed by atoms with van der Waals surface area (Å²) >= 11 is 6.07. The number of rotatable bonds is 3. The van der Waals surface area contributed by atoms with E-state index < -0.39 is 11.9 Å². The van der Waals surface area contributed by atoms with E-state index in [2.05, 4.69) is 5.32 Å². The van der Waals surface area contributed by atoms with Crippen LogP contribution in [0.4, 0.5) is 10.5 Å². The van der Waals surface area contributed by atoms with Gasteiger partial charge in [-0.3, -0.25) is 4.79 Å². The van der Waals surface area contributed by atoms with E-state index in [4.69, 9.17) is 16.3 Å². The minimum atomic E-state index is -0.530. The Morgan fingerprint density at radius 2 is 1.91 bits per heavy atom. The number of anilines is 1. The normalized spacial score (nSPS) is 15.9. The van der Waals surface area contributed by atoms with Gasteiger partial charge in [0, 0.05) is 0 Å². The third-order valence-corrected chi connectivity index (χ3v) is 3.70. The van der Waals surface area contributed by atoms with E-state index in [-0.39, 0.29) is 5.70 Å². The lowest BCUT2D eigenvalue weighted by Crippen LogP contribution is -2.30. The van der Waals surface area contributed by atoms with Gasteiger partial charge in [0.2, 0.25) is 0 Å². The van der Waals surface area contributed by atoms with Crippen molar-refractivity contribution < 1.29 is 14.3 Å². The summed E-state index contributed by atoms with van der Waals surface area (Å²) in [6.07, 6.45) is 1.60. The second-order valence-electron chi connectivity index (χ2n) is 4.86. The molecule has 1 N–H and O–H groups in total. The van der Waals surface area contributed by atoms with Crippen LogP contribution in [0.3, 0.4) is 0 Å². The van der Waals surface area contributed by atoms with Crippen LogP contribution >= 0.6 is 11.6 Å². The van der Waals surface area contributed by atoms with Crippen molar-refractivity contribution in [3.05, 3.63) is 64.8 Å². The lowest BCUT2D eigenvalue weighted by Gasteiger charge is -2.13. The zero-order valence-electron chi connectivity index (χ0n) is 12.2.